The number of furan rings is 1. The van der Waals surface area contributed by atoms with E-state index in [9.17, 15) is 9.59 Å². The van der Waals surface area contributed by atoms with Gasteiger partial charge in [0.1, 0.15) is 18.1 Å². The average molecular weight is 392 g/mol. The molecule has 6 nitrogen and oxygen atoms in total. The summed E-state index contributed by atoms with van der Waals surface area (Å²) in [5, 5.41) is 0.984. The second kappa shape index (κ2) is 7.98. The van der Waals surface area contributed by atoms with Crippen molar-refractivity contribution in [3.63, 3.8) is 0 Å². The van der Waals surface area contributed by atoms with Crippen molar-refractivity contribution in [2.24, 2.45) is 0 Å². The molecule has 2 aromatic heterocycles. The molecule has 28 heavy (non-hydrogen) atoms. The molecule has 0 aliphatic heterocycles. The third kappa shape index (κ3) is 4.05. The van der Waals surface area contributed by atoms with Gasteiger partial charge in [0.2, 0.25) is 0 Å². The van der Waals surface area contributed by atoms with Gasteiger partial charge in [0.15, 0.2) is 5.76 Å². The predicted molar refractivity (Wildman–Crippen MR) is 106 cm³/mol. The van der Waals surface area contributed by atoms with Crippen LogP contribution in [-0.2, 0) is 6.61 Å². The summed E-state index contributed by atoms with van der Waals surface area (Å²) in [7, 11) is 0. The smallest absolute Gasteiger partial charge is 0.305 e. The van der Waals surface area contributed by atoms with Crippen LogP contribution in [0.2, 0.25) is 0 Å². The van der Waals surface area contributed by atoms with Gasteiger partial charge < -0.3 is 9.15 Å². The minimum absolute atomic E-state index is 0.0864. The normalized spacial score (nSPS) is 10.6. The Hall–Kier alpha value is -3.58. The molecule has 0 unspecified atom stereocenters. The number of fused-ring (bicyclic) bond motifs is 1. The number of rotatable bonds is 5. The molecule has 2 aromatic carbocycles. The van der Waals surface area contributed by atoms with E-state index in [0.717, 1.165) is 10.1 Å². The van der Waals surface area contributed by atoms with Crippen molar-refractivity contribution in [1.29, 1.82) is 0 Å². The fraction of sp³-hybridized carbons (Fsp3) is 0.0476. The van der Waals surface area contributed by atoms with Gasteiger partial charge in [0.25, 0.3) is 5.91 Å². The first-order valence-corrected chi connectivity index (χ1v) is 9.36. The van der Waals surface area contributed by atoms with Crippen LogP contribution in [0.3, 0.4) is 0 Å². The van der Waals surface area contributed by atoms with Crippen LogP contribution < -0.4 is 15.6 Å². The maximum absolute atomic E-state index is 12.2. The summed E-state index contributed by atoms with van der Waals surface area (Å²) < 4.78 is 12.1. The summed E-state index contributed by atoms with van der Waals surface area (Å²) in [6, 6.07) is 22.0. The van der Waals surface area contributed by atoms with Crippen LogP contribution in [0.5, 0.6) is 5.75 Å². The highest BCUT2D eigenvalue weighted by Gasteiger charge is 2.14. The van der Waals surface area contributed by atoms with Crippen molar-refractivity contribution in [1.82, 2.24) is 10.9 Å². The van der Waals surface area contributed by atoms with Gasteiger partial charge in [-0.3, -0.25) is 20.4 Å². The minimum atomic E-state index is -0.541. The number of amides is 2. The molecule has 2 N–H and O–H groups in total. The second-order valence-corrected chi connectivity index (χ2v) is 7.01. The molecule has 7 heteroatoms. The Bertz CT molecular complexity index is 1080. The van der Waals surface area contributed by atoms with Crippen molar-refractivity contribution < 1.29 is 18.7 Å². The molecular formula is C21H16N2O4S. The number of benzene rings is 2. The zero-order valence-corrected chi connectivity index (χ0v) is 15.5. The van der Waals surface area contributed by atoms with Crippen molar-refractivity contribution in [3.8, 4) is 5.75 Å². The lowest BCUT2D eigenvalue weighted by molar-refractivity contribution is 0.0830. The molecule has 0 spiro atoms. The lowest BCUT2D eigenvalue weighted by atomic mass is 10.2. The lowest BCUT2D eigenvalue weighted by Gasteiger charge is -2.05. The van der Waals surface area contributed by atoms with Crippen LogP contribution in [0.25, 0.3) is 10.1 Å². The zero-order chi connectivity index (χ0) is 19.3. The molecule has 0 fully saturated rings. The van der Waals surface area contributed by atoms with Gasteiger partial charge in [-0.2, -0.15) is 0 Å². The summed E-state index contributed by atoms with van der Waals surface area (Å²) in [4.78, 5) is 24.9. The number of hydrogen-bond acceptors (Lipinski definition) is 5. The molecular weight excluding hydrogens is 376 g/mol. The number of hydrogen-bond donors (Lipinski definition) is 2. The van der Waals surface area contributed by atoms with Gasteiger partial charge in [-0.1, -0.05) is 36.4 Å². The summed E-state index contributed by atoms with van der Waals surface area (Å²) >= 11 is 1.36. The highest BCUT2D eigenvalue weighted by atomic mass is 32.1. The molecule has 4 aromatic rings. The number of thiophene rings is 1. The Morgan fingerprint density at radius 2 is 1.64 bits per heavy atom. The number of carbonyl (C=O) groups is 2. The summed E-state index contributed by atoms with van der Waals surface area (Å²) in [5.41, 5.74) is 4.77. The Balaban J connectivity index is 1.32. The van der Waals surface area contributed by atoms with Crippen LogP contribution in [0, 0.1) is 0 Å². The van der Waals surface area contributed by atoms with E-state index >= 15 is 0 Å². The standard InChI is InChI=1S/C21H16N2O4S/c24-20(17-11-10-16(27-17)13-26-15-7-2-1-3-8-15)22-23-21(25)19-12-14-6-4-5-9-18(14)28-19/h1-12H,13H2,(H,22,24)(H,23,25). The van der Waals surface area contributed by atoms with E-state index in [1.54, 1.807) is 12.1 Å². The van der Waals surface area contributed by atoms with E-state index in [1.807, 2.05) is 54.6 Å². The largest absolute Gasteiger partial charge is 0.486 e. The highest BCUT2D eigenvalue weighted by Crippen LogP contribution is 2.24. The number of nitrogens with one attached hydrogen (secondary N) is 2. The molecule has 2 heterocycles. The molecule has 140 valence electrons. The molecule has 0 saturated carbocycles. The van der Waals surface area contributed by atoms with Crippen LogP contribution in [0.15, 0.2) is 77.2 Å². The van der Waals surface area contributed by atoms with Crippen LogP contribution in [-0.4, -0.2) is 11.8 Å². The summed E-state index contributed by atoms with van der Waals surface area (Å²) in [6.45, 7) is 0.200. The third-order valence-corrected chi connectivity index (χ3v) is 5.06. The highest BCUT2D eigenvalue weighted by molar-refractivity contribution is 7.20. The van der Waals surface area contributed by atoms with Gasteiger partial charge >= 0.3 is 5.91 Å². The fourth-order valence-electron chi connectivity index (χ4n) is 2.58. The van der Waals surface area contributed by atoms with Crippen molar-refractivity contribution >= 4 is 33.2 Å². The van der Waals surface area contributed by atoms with E-state index < -0.39 is 5.91 Å². The number of ether oxygens (including phenoxy) is 1. The van der Waals surface area contributed by atoms with Gasteiger partial charge in [0, 0.05) is 4.70 Å². The molecule has 0 atom stereocenters. The number of carbonyl (C=O) groups excluding carboxylic acids is 2. The van der Waals surface area contributed by atoms with E-state index in [-0.39, 0.29) is 18.3 Å². The minimum Gasteiger partial charge on any atom is -0.486 e. The monoisotopic (exact) mass is 392 g/mol. The summed E-state index contributed by atoms with van der Waals surface area (Å²) in [5.74, 6) is 0.378. The molecule has 4 rings (SSSR count). The molecule has 2 amide bonds. The van der Waals surface area contributed by atoms with Crippen LogP contribution in [0.4, 0.5) is 0 Å². The lowest BCUT2D eigenvalue weighted by Crippen LogP contribution is -2.41. The van der Waals surface area contributed by atoms with E-state index in [2.05, 4.69) is 10.9 Å². The summed E-state index contributed by atoms with van der Waals surface area (Å²) in [6.07, 6.45) is 0. The first-order valence-electron chi connectivity index (χ1n) is 8.55. The molecule has 0 radical (unpaired) electrons. The van der Waals surface area contributed by atoms with Gasteiger partial charge in [-0.15, -0.1) is 11.3 Å². The molecule has 0 aliphatic carbocycles. The van der Waals surface area contributed by atoms with Crippen molar-refractivity contribution in [3.05, 3.63) is 89.2 Å². The van der Waals surface area contributed by atoms with E-state index in [1.165, 1.54) is 17.4 Å². The topological polar surface area (TPSA) is 80.6 Å². The first-order chi connectivity index (χ1) is 13.7. The van der Waals surface area contributed by atoms with Crippen LogP contribution >= 0.6 is 11.3 Å². The molecule has 0 bridgehead atoms. The van der Waals surface area contributed by atoms with E-state index in [4.69, 9.17) is 9.15 Å². The molecule has 0 aliphatic rings. The quantitative estimate of drug-likeness (QED) is 0.500. The average Bonchev–Trinajstić information content (AvgIpc) is 3.38. The maximum atomic E-state index is 12.2. The van der Waals surface area contributed by atoms with Gasteiger partial charge in [0.05, 0.1) is 4.88 Å². The van der Waals surface area contributed by atoms with Crippen LogP contribution in [0.1, 0.15) is 26.0 Å². The number of hydrazine groups is 1. The Morgan fingerprint density at radius 3 is 2.46 bits per heavy atom. The van der Waals surface area contributed by atoms with Gasteiger partial charge in [-0.05, 0) is 41.8 Å². The maximum Gasteiger partial charge on any atom is 0.305 e. The van der Waals surface area contributed by atoms with Crippen molar-refractivity contribution in [2.75, 3.05) is 0 Å². The Labute approximate surface area is 164 Å². The third-order valence-electron chi connectivity index (χ3n) is 3.95. The number of para-hydroxylation sites is 1. The zero-order valence-electron chi connectivity index (χ0n) is 14.7. The fourth-order valence-corrected chi connectivity index (χ4v) is 3.54. The second-order valence-electron chi connectivity index (χ2n) is 5.92. The SMILES string of the molecule is O=C(NNC(=O)c1cc2ccccc2s1)c1ccc(COc2ccccc2)o1. The van der Waals surface area contributed by atoms with Gasteiger partial charge in [-0.25, -0.2) is 0 Å². The predicted octanol–water partition coefficient (Wildman–Crippen LogP) is 4.15. The first kappa shape index (κ1) is 17.8. The molecule has 0 saturated heterocycles. The van der Waals surface area contributed by atoms with Crippen molar-refractivity contribution in [2.45, 2.75) is 6.61 Å². The Morgan fingerprint density at radius 1 is 0.893 bits per heavy atom. The Kier molecular flexibility index (Phi) is 5.07. The van der Waals surface area contributed by atoms with E-state index in [0.29, 0.717) is 16.4 Å².